The molecular formula is C23H27ClFN7O. The van der Waals surface area contributed by atoms with Crippen LogP contribution >= 0.6 is 11.6 Å². The highest BCUT2D eigenvalue weighted by molar-refractivity contribution is 6.21. The number of likely N-dealkylation sites (tertiary alicyclic amines) is 1. The zero-order chi connectivity index (χ0) is 23.3. The van der Waals surface area contributed by atoms with E-state index >= 15 is 0 Å². The summed E-state index contributed by atoms with van der Waals surface area (Å²) in [6.07, 6.45) is 4.67. The van der Waals surface area contributed by atoms with Crippen molar-refractivity contribution in [1.29, 1.82) is 0 Å². The lowest BCUT2D eigenvalue weighted by molar-refractivity contribution is -0.00295. The lowest BCUT2D eigenvalue weighted by Gasteiger charge is -2.35. The molecule has 2 aliphatic rings. The van der Waals surface area contributed by atoms with Gasteiger partial charge in [-0.25, -0.2) is 9.37 Å². The van der Waals surface area contributed by atoms with Crippen LogP contribution in [0, 0.1) is 12.7 Å². The van der Waals surface area contributed by atoms with E-state index in [4.69, 9.17) is 11.6 Å². The zero-order valence-corrected chi connectivity index (χ0v) is 19.5. The molecule has 33 heavy (non-hydrogen) atoms. The van der Waals surface area contributed by atoms with Crippen molar-refractivity contribution in [2.24, 2.45) is 0 Å². The van der Waals surface area contributed by atoms with Crippen molar-refractivity contribution in [3.63, 3.8) is 0 Å². The Kier molecular flexibility index (Phi) is 5.74. The number of hydrazine groups is 1. The van der Waals surface area contributed by atoms with Crippen LogP contribution in [-0.2, 0) is 6.54 Å². The maximum Gasteiger partial charge on any atom is 0.229 e. The van der Waals surface area contributed by atoms with Gasteiger partial charge in [0.15, 0.2) is 11.6 Å². The predicted molar refractivity (Wildman–Crippen MR) is 126 cm³/mol. The lowest BCUT2D eigenvalue weighted by Crippen LogP contribution is -2.49. The Hall–Kier alpha value is -2.72. The summed E-state index contributed by atoms with van der Waals surface area (Å²) in [5.41, 5.74) is 7.82. The quantitative estimate of drug-likeness (QED) is 0.371. The molecule has 0 saturated carbocycles. The largest absolute Gasteiger partial charge is 0.390 e. The molecule has 1 fully saturated rings. The summed E-state index contributed by atoms with van der Waals surface area (Å²) < 4.78 is 16.3. The molecular weight excluding hydrogens is 445 g/mol. The average molecular weight is 472 g/mol. The Labute approximate surface area is 197 Å². The number of hydrogen-bond donors (Lipinski definition) is 3. The van der Waals surface area contributed by atoms with Crippen LogP contribution in [0.25, 0.3) is 5.82 Å². The monoisotopic (exact) mass is 471 g/mol. The number of halogens is 2. The molecule has 0 amide bonds. The van der Waals surface area contributed by atoms with Gasteiger partial charge < -0.3 is 20.4 Å². The summed E-state index contributed by atoms with van der Waals surface area (Å²) in [5.74, 6) is -0.0366. The molecule has 1 saturated heterocycles. The molecule has 0 aliphatic carbocycles. The van der Waals surface area contributed by atoms with Crippen molar-refractivity contribution in [2.75, 3.05) is 23.8 Å². The third-order valence-electron chi connectivity index (χ3n) is 6.05. The topological polar surface area (TPSA) is 81.5 Å². The van der Waals surface area contributed by atoms with Crippen molar-refractivity contribution in [3.05, 3.63) is 59.3 Å². The molecule has 2 aromatic heterocycles. The molecule has 0 radical (unpaired) electrons. The first-order chi connectivity index (χ1) is 15.8. The summed E-state index contributed by atoms with van der Waals surface area (Å²) >= 11 is 6.61. The Morgan fingerprint density at radius 1 is 1.30 bits per heavy atom. The number of benzene rings is 1. The number of fused-ring (bicyclic) bond motifs is 1. The van der Waals surface area contributed by atoms with Gasteiger partial charge in [0.05, 0.1) is 18.0 Å². The Morgan fingerprint density at radius 3 is 2.82 bits per heavy atom. The minimum atomic E-state index is -0.506. The van der Waals surface area contributed by atoms with Crippen LogP contribution in [0.3, 0.4) is 0 Å². The van der Waals surface area contributed by atoms with Crippen molar-refractivity contribution >= 4 is 28.9 Å². The molecule has 10 heteroatoms. The molecule has 4 heterocycles. The third kappa shape index (κ3) is 4.29. The van der Waals surface area contributed by atoms with Gasteiger partial charge in [0.1, 0.15) is 5.50 Å². The van der Waals surface area contributed by atoms with E-state index in [9.17, 15) is 9.50 Å². The normalized spacial score (nSPS) is 18.9. The Morgan fingerprint density at radius 2 is 2.09 bits per heavy atom. The van der Waals surface area contributed by atoms with Crippen LogP contribution in [0.2, 0.25) is 0 Å². The van der Waals surface area contributed by atoms with E-state index in [0.29, 0.717) is 25.6 Å². The number of aromatic nitrogens is 3. The number of hydrogen-bond acceptors (Lipinski definition) is 7. The number of aliphatic hydroxyl groups is 1. The summed E-state index contributed by atoms with van der Waals surface area (Å²) in [6.45, 7) is 8.17. The molecule has 1 atom stereocenters. The van der Waals surface area contributed by atoms with Gasteiger partial charge in [0.2, 0.25) is 5.95 Å². The van der Waals surface area contributed by atoms with Crippen LogP contribution in [0.5, 0.6) is 0 Å². The first kappa shape index (κ1) is 22.1. The van der Waals surface area contributed by atoms with Crippen LogP contribution < -0.4 is 10.7 Å². The highest BCUT2D eigenvalue weighted by atomic mass is 35.5. The molecule has 1 unspecified atom stereocenters. The minimum absolute atomic E-state index is 0.175. The minimum Gasteiger partial charge on any atom is -0.390 e. The van der Waals surface area contributed by atoms with E-state index in [1.807, 2.05) is 42.5 Å². The first-order valence-corrected chi connectivity index (χ1v) is 11.4. The van der Waals surface area contributed by atoms with Crippen molar-refractivity contribution in [2.45, 2.75) is 45.0 Å². The number of nitrogens with zero attached hydrogens (tertiary/aromatic N) is 5. The van der Waals surface area contributed by atoms with Crippen LogP contribution in [0.15, 0.2) is 36.8 Å². The number of aryl methyl sites for hydroxylation is 1. The number of aliphatic hydroxyl groups excluding tert-OH is 1. The van der Waals surface area contributed by atoms with Gasteiger partial charge >= 0.3 is 0 Å². The molecule has 8 nitrogen and oxygen atoms in total. The number of β-amino-alcohol motifs (C(OH)–C–C–N with tert-alkyl or cyclic N) is 1. The van der Waals surface area contributed by atoms with E-state index in [1.165, 1.54) is 6.20 Å². The zero-order valence-electron chi connectivity index (χ0n) is 18.8. The molecule has 0 bridgehead atoms. The summed E-state index contributed by atoms with van der Waals surface area (Å²) in [5, 5.41) is 14.7. The first-order valence-electron chi connectivity index (χ1n) is 11.0. The number of rotatable bonds is 6. The smallest absolute Gasteiger partial charge is 0.229 e. The van der Waals surface area contributed by atoms with Gasteiger partial charge in [-0.1, -0.05) is 11.6 Å². The molecule has 2 aliphatic heterocycles. The van der Waals surface area contributed by atoms with E-state index in [0.717, 1.165) is 28.1 Å². The average Bonchev–Trinajstić information content (AvgIpc) is 3.28. The maximum absolute atomic E-state index is 14.6. The van der Waals surface area contributed by atoms with Gasteiger partial charge in [-0.15, -0.1) is 0 Å². The number of anilines is 3. The van der Waals surface area contributed by atoms with E-state index in [2.05, 4.69) is 39.5 Å². The fourth-order valence-electron chi connectivity index (χ4n) is 4.20. The lowest BCUT2D eigenvalue weighted by atomic mass is 10.1. The van der Waals surface area contributed by atoms with Crippen LogP contribution in [0.1, 0.15) is 36.0 Å². The van der Waals surface area contributed by atoms with Gasteiger partial charge in [-0.3, -0.25) is 4.90 Å². The maximum atomic E-state index is 14.6. The summed E-state index contributed by atoms with van der Waals surface area (Å²) in [4.78, 5) is 10.7. The predicted octanol–water partition coefficient (Wildman–Crippen LogP) is 3.92. The van der Waals surface area contributed by atoms with Crippen molar-refractivity contribution in [1.82, 2.24) is 24.4 Å². The highest BCUT2D eigenvalue weighted by Crippen LogP contribution is 2.40. The second-order valence-electron chi connectivity index (χ2n) is 8.96. The van der Waals surface area contributed by atoms with Crippen molar-refractivity contribution < 1.29 is 9.50 Å². The Balaban J connectivity index is 1.36. The van der Waals surface area contributed by atoms with Gasteiger partial charge in [-0.05, 0) is 50.1 Å². The third-order valence-corrected chi connectivity index (χ3v) is 6.50. The van der Waals surface area contributed by atoms with Crippen LogP contribution in [0.4, 0.5) is 21.7 Å². The number of nitrogens with one attached hydrogen (secondary N) is 2. The second kappa shape index (κ2) is 8.57. The standard InChI is InChI=1S/C23H27ClFN7O/c1-13(2)32-21(24)18-6-16(4-5-20(18)29-32)27-23-26-7-19(25)22(28-23)31-8-14(3)15(10-31)9-30-11-17(33)12-30/h4-8,10,13,17,21,29,33H,9,11-12H2,1-3H3,(H,26,27,28). The molecule has 5 rings (SSSR count). The fourth-order valence-corrected chi connectivity index (χ4v) is 4.66. The van der Waals surface area contributed by atoms with E-state index < -0.39 is 5.82 Å². The van der Waals surface area contributed by atoms with E-state index in [1.54, 1.807) is 4.57 Å². The van der Waals surface area contributed by atoms with E-state index in [-0.39, 0.29) is 23.5 Å². The molecule has 3 aromatic rings. The Bertz CT molecular complexity index is 1180. The fraction of sp³-hybridized carbons (Fsp3) is 0.391. The molecule has 0 spiro atoms. The van der Waals surface area contributed by atoms with Gasteiger partial charge in [0.25, 0.3) is 0 Å². The van der Waals surface area contributed by atoms with Crippen molar-refractivity contribution in [3.8, 4) is 5.82 Å². The van der Waals surface area contributed by atoms with Gasteiger partial charge in [-0.2, -0.15) is 9.99 Å². The molecule has 3 N–H and O–H groups in total. The molecule has 174 valence electrons. The SMILES string of the molecule is Cc1cn(-c2nc(Nc3ccc4c(c3)C(Cl)N(C(C)C)N4)ncc2F)cc1CN1CC(O)C1. The van der Waals surface area contributed by atoms with Gasteiger partial charge in [0, 0.05) is 49.3 Å². The summed E-state index contributed by atoms with van der Waals surface area (Å²) in [6, 6.07) is 6.05. The highest BCUT2D eigenvalue weighted by Gasteiger charge is 2.30. The number of alkyl halides is 1. The summed E-state index contributed by atoms with van der Waals surface area (Å²) in [7, 11) is 0. The second-order valence-corrected chi connectivity index (χ2v) is 9.38. The van der Waals surface area contributed by atoms with Crippen LogP contribution in [-0.4, -0.2) is 54.8 Å². The molecule has 1 aromatic carbocycles.